The number of methoxy groups -OCH3 is 1. The summed E-state index contributed by atoms with van der Waals surface area (Å²) < 4.78 is 24.7. The van der Waals surface area contributed by atoms with Crippen LogP contribution in [0.15, 0.2) is 48.8 Å². The number of ether oxygens (including phenoxy) is 2. The zero-order chi connectivity index (χ0) is 23.7. The molecule has 9 heteroatoms. The fourth-order valence-electron chi connectivity index (χ4n) is 4.27. The van der Waals surface area contributed by atoms with Crippen LogP contribution in [0.3, 0.4) is 0 Å². The molecule has 0 bridgehead atoms. The third-order valence-corrected chi connectivity index (χ3v) is 6.40. The molecule has 1 aliphatic heterocycles. The first-order chi connectivity index (χ1) is 16.5. The Bertz CT molecular complexity index is 1270. The standard InChI is InChI=1S/C25H24ClFN4O3/c1-33-23-12-21-18(25(29-14-28-21)30-16-4-5-20(27)19(26)11-16)10-15(23)9-17(32)3-2-6-31-7-8-34-24-13-22(24)31/h2-5,10-12,14,22,24H,6-9,13H2,1H3,(H,28,29,30)/b3-2+. The molecule has 0 amide bonds. The van der Waals surface area contributed by atoms with Crippen LogP contribution in [0, 0.1) is 5.82 Å². The van der Waals surface area contributed by atoms with Crippen LogP contribution >= 0.6 is 11.6 Å². The van der Waals surface area contributed by atoms with E-state index in [1.807, 2.05) is 12.1 Å². The maximum Gasteiger partial charge on any atom is 0.159 e. The number of allylic oxidation sites excluding steroid dienone is 1. The molecule has 5 rings (SSSR count). The molecule has 2 aliphatic rings. The van der Waals surface area contributed by atoms with Gasteiger partial charge in [0.15, 0.2) is 5.78 Å². The molecule has 2 aromatic carbocycles. The van der Waals surface area contributed by atoms with E-state index in [1.165, 1.54) is 18.5 Å². The number of aromatic nitrogens is 2. The highest BCUT2D eigenvalue weighted by molar-refractivity contribution is 6.31. The van der Waals surface area contributed by atoms with E-state index in [0.29, 0.717) is 40.3 Å². The minimum atomic E-state index is -0.496. The van der Waals surface area contributed by atoms with E-state index >= 15 is 0 Å². The van der Waals surface area contributed by atoms with E-state index in [2.05, 4.69) is 20.2 Å². The Hall–Kier alpha value is -3.07. The summed E-state index contributed by atoms with van der Waals surface area (Å²) in [6.07, 6.45) is 6.62. The predicted molar refractivity (Wildman–Crippen MR) is 128 cm³/mol. The average molecular weight is 483 g/mol. The van der Waals surface area contributed by atoms with E-state index in [4.69, 9.17) is 21.1 Å². The zero-order valence-electron chi connectivity index (χ0n) is 18.6. The van der Waals surface area contributed by atoms with Crippen LogP contribution in [0.2, 0.25) is 5.02 Å². The highest BCUT2D eigenvalue weighted by atomic mass is 35.5. The van der Waals surface area contributed by atoms with Crippen molar-refractivity contribution in [2.24, 2.45) is 0 Å². The number of halogens is 2. The Labute approximate surface area is 201 Å². The second-order valence-corrected chi connectivity index (χ2v) is 8.82. The lowest BCUT2D eigenvalue weighted by molar-refractivity contribution is -0.114. The quantitative estimate of drug-likeness (QED) is 0.479. The largest absolute Gasteiger partial charge is 0.496 e. The number of fused-ring (bicyclic) bond motifs is 2. The fraction of sp³-hybridized carbons (Fsp3) is 0.320. The van der Waals surface area contributed by atoms with E-state index in [-0.39, 0.29) is 17.2 Å². The summed E-state index contributed by atoms with van der Waals surface area (Å²) >= 11 is 5.90. The highest BCUT2D eigenvalue weighted by Crippen LogP contribution is 2.34. The summed E-state index contributed by atoms with van der Waals surface area (Å²) in [5.74, 6) is 0.586. The number of carbonyl (C=O) groups is 1. The highest BCUT2D eigenvalue weighted by Gasteiger charge is 2.45. The van der Waals surface area contributed by atoms with Crippen molar-refractivity contribution < 1.29 is 18.7 Å². The lowest BCUT2D eigenvalue weighted by atomic mass is 10.0. The first-order valence-corrected chi connectivity index (χ1v) is 11.5. The van der Waals surface area contributed by atoms with Crippen LogP contribution in [-0.4, -0.2) is 59.6 Å². The minimum Gasteiger partial charge on any atom is -0.496 e. The molecule has 1 aromatic heterocycles. The SMILES string of the molecule is COc1cc2ncnc(Nc3ccc(F)c(Cl)c3)c2cc1CC(=O)/C=C/CN1CCOC2CC21. The van der Waals surface area contributed by atoms with Crippen molar-refractivity contribution in [3.8, 4) is 5.75 Å². The molecule has 34 heavy (non-hydrogen) atoms. The molecule has 2 fully saturated rings. The van der Waals surface area contributed by atoms with Gasteiger partial charge in [-0.05, 0) is 36.8 Å². The first kappa shape index (κ1) is 22.7. The molecule has 2 heterocycles. The van der Waals surface area contributed by atoms with Crippen LogP contribution in [-0.2, 0) is 16.0 Å². The third kappa shape index (κ3) is 4.89. The van der Waals surface area contributed by atoms with Gasteiger partial charge in [-0.3, -0.25) is 9.69 Å². The van der Waals surface area contributed by atoms with Gasteiger partial charge in [0.1, 0.15) is 23.7 Å². The third-order valence-electron chi connectivity index (χ3n) is 6.11. The Morgan fingerprint density at radius 3 is 3.06 bits per heavy atom. The molecule has 0 spiro atoms. The van der Waals surface area contributed by atoms with Gasteiger partial charge in [0.05, 0.1) is 30.4 Å². The molecular weight excluding hydrogens is 459 g/mol. The van der Waals surface area contributed by atoms with E-state index in [9.17, 15) is 9.18 Å². The van der Waals surface area contributed by atoms with Gasteiger partial charge in [-0.25, -0.2) is 14.4 Å². The van der Waals surface area contributed by atoms with Crippen molar-refractivity contribution in [1.82, 2.24) is 14.9 Å². The van der Waals surface area contributed by atoms with Gasteiger partial charge in [0.25, 0.3) is 0 Å². The van der Waals surface area contributed by atoms with Crippen molar-refractivity contribution in [3.63, 3.8) is 0 Å². The summed E-state index contributed by atoms with van der Waals surface area (Å²) in [4.78, 5) is 23.7. The number of carbonyl (C=O) groups excluding carboxylic acids is 1. The zero-order valence-corrected chi connectivity index (χ0v) is 19.4. The molecule has 1 N–H and O–H groups in total. The number of morpholine rings is 1. The lowest BCUT2D eigenvalue weighted by Gasteiger charge is -2.24. The molecule has 1 saturated heterocycles. The van der Waals surface area contributed by atoms with Crippen molar-refractivity contribution >= 4 is 39.8 Å². The second-order valence-electron chi connectivity index (χ2n) is 8.41. The molecule has 2 unspecified atom stereocenters. The molecule has 1 aliphatic carbocycles. The van der Waals surface area contributed by atoms with Gasteiger partial charge in [0.2, 0.25) is 0 Å². The van der Waals surface area contributed by atoms with E-state index in [0.717, 1.165) is 31.7 Å². The van der Waals surface area contributed by atoms with Crippen LogP contribution in [0.25, 0.3) is 10.9 Å². The topological polar surface area (TPSA) is 76.6 Å². The van der Waals surface area contributed by atoms with Gasteiger partial charge in [-0.2, -0.15) is 0 Å². The second kappa shape index (κ2) is 9.66. The Morgan fingerprint density at radius 2 is 2.24 bits per heavy atom. The number of nitrogens with zero attached hydrogens (tertiary/aromatic N) is 3. The molecule has 2 atom stereocenters. The van der Waals surface area contributed by atoms with Crippen molar-refractivity contribution in [2.45, 2.75) is 25.0 Å². The molecule has 3 aromatic rings. The van der Waals surface area contributed by atoms with Crippen molar-refractivity contribution in [3.05, 3.63) is 65.2 Å². The van der Waals surface area contributed by atoms with Gasteiger partial charge in [-0.15, -0.1) is 0 Å². The summed E-state index contributed by atoms with van der Waals surface area (Å²) in [6.45, 7) is 2.39. The lowest BCUT2D eigenvalue weighted by Crippen LogP contribution is -2.36. The van der Waals surface area contributed by atoms with E-state index in [1.54, 1.807) is 25.3 Å². The van der Waals surface area contributed by atoms with Gasteiger partial charge in [0, 0.05) is 48.3 Å². The number of hydrogen-bond acceptors (Lipinski definition) is 7. The number of rotatable bonds is 8. The Balaban J connectivity index is 1.34. The molecule has 0 radical (unpaired) electrons. The molecular formula is C25H24ClFN4O3. The van der Waals surface area contributed by atoms with Crippen LogP contribution in [0.4, 0.5) is 15.9 Å². The summed E-state index contributed by atoms with van der Waals surface area (Å²) in [7, 11) is 1.57. The Morgan fingerprint density at radius 1 is 1.35 bits per heavy atom. The molecule has 1 saturated carbocycles. The van der Waals surface area contributed by atoms with E-state index < -0.39 is 5.82 Å². The van der Waals surface area contributed by atoms with Gasteiger partial charge in [-0.1, -0.05) is 17.7 Å². The molecule has 7 nitrogen and oxygen atoms in total. The molecule has 176 valence electrons. The fourth-order valence-corrected chi connectivity index (χ4v) is 4.45. The maximum absolute atomic E-state index is 13.5. The summed E-state index contributed by atoms with van der Waals surface area (Å²) in [6, 6.07) is 8.48. The first-order valence-electron chi connectivity index (χ1n) is 11.1. The average Bonchev–Trinajstić information content (AvgIpc) is 3.62. The van der Waals surface area contributed by atoms with Crippen molar-refractivity contribution in [1.29, 1.82) is 0 Å². The van der Waals surface area contributed by atoms with Crippen molar-refractivity contribution in [2.75, 3.05) is 32.1 Å². The van der Waals surface area contributed by atoms with Gasteiger partial charge < -0.3 is 14.8 Å². The number of hydrogen-bond donors (Lipinski definition) is 1. The minimum absolute atomic E-state index is 0.0115. The number of anilines is 2. The summed E-state index contributed by atoms with van der Waals surface area (Å²) in [5.41, 5.74) is 1.97. The van der Waals surface area contributed by atoms with Crippen LogP contribution in [0.5, 0.6) is 5.75 Å². The van der Waals surface area contributed by atoms with Crippen LogP contribution < -0.4 is 10.1 Å². The monoisotopic (exact) mass is 482 g/mol. The number of nitrogens with one attached hydrogen (secondary N) is 1. The van der Waals surface area contributed by atoms with Crippen LogP contribution in [0.1, 0.15) is 12.0 Å². The Kier molecular flexibility index (Phi) is 6.45. The maximum atomic E-state index is 13.5. The number of ketones is 1. The smallest absolute Gasteiger partial charge is 0.159 e. The predicted octanol–water partition coefficient (Wildman–Crippen LogP) is 4.32. The normalized spacial score (nSPS) is 19.9. The summed E-state index contributed by atoms with van der Waals surface area (Å²) in [5, 5.41) is 3.88. The van der Waals surface area contributed by atoms with Gasteiger partial charge >= 0.3 is 0 Å². The number of benzene rings is 2.